The van der Waals surface area contributed by atoms with E-state index in [0.29, 0.717) is 32.4 Å². The molecule has 0 saturated carbocycles. The summed E-state index contributed by atoms with van der Waals surface area (Å²) in [6, 6.07) is 10.1. The molecule has 8 heteroatoms. The van der Waals surface area contributed by atoms with E-state index in [-0.39, 0.29) is 18.3 Å². The van der Waals surface area contributed by atoms with Gasteiger partial charge in [0.2, 0.25) is 0 Å². The first kappa shape index (κ1) is 23.2. The molecule has 160 valence electrons. The third-order valence-electron chi connectivity index (χ3n) is 4.78. The van der Waals surface area contributed by atoms with E-state index in [0.717, 1.165) is 21.5 Å². The molecule has 0 aliphatic rings. The Balaban J connectivity index is 2.29. The van der Waals surface area contributed by atoms with Crippen molar-refractivity contribution in [2.24, 2.45) is 7.05 Å². The fraction of sp³-hybridized carbons (Fsp3) is 0.318. The molecule has 0 unspecified atom stereocenters. The van der Waals surface area contributed by atoms with Gasteiger partial charge in [-0.3, -0.25) is 0 Å². The lowest BCUT2D eigenvalue weighted by molar-refractivity contribution is 0.0527. The maximum atomic E-state index is 13.1. The first-order valence-corrected chi connectivity index (χ1v) is 12.0. The van der Waals surface area contributed by atoms with Gasteiger partial charge in [0.05, 0.1) is 26.6 Å². The third kappa shape index (κ3) is 4.42. The van der Waals surface area contributed by atoms with Crippen LogP contribution >= 0.6 is 43.6 Å². The zero-order valence-electron chi connectivity index (χ0n) is 17.3. The molecule has 30 heavy (non-hydrogen) atoms. The van der Waals surface area contributed by atoms with Gasteiger partial charge in [0, 0.05) is 40.9 Å². The van der Waals surface area contributed by atoms with Crippen molar-refractivity contribution in [2.75, 3.05) is 20.7 Å². The molecule has 0 aliphatic carbocycles. The van der Waals surface area contributed by atoms with Crippen LogP contribution in [0.2, 0.25) is 0 Å². The monoisotopic (exact) mass is 554 g/mol. The average Bonchev–Trinajstić information content (AvgIpc) is 3.01. The highest BCUT2D eigenvalue weighted by molar-refractivity contribution is 9.13. The number of rotatable bonds is 7. The van der Waals surface area contributed by atoms with Gasteiger partial charge in [0.1, 0.15) is 5.75 Å². The number of thioether (sulfide) groups is 1. The first-order valence-electron chi connectivity index (χ1n) is 9.47. The minimum atomic E-state index is -0.375. The standard InChI is InChI=1S/C22H24Br2N2O3S/c1-5-29-22(28)17-15(12-30-13-9-7-6-8-10-13)26(4)20-16(17)14(11-25(2)3)21(27)19(24)18(20)23/h6-10,27H,5,11-12H2,1-4H3. The summed E-state index contributed by atoms with van der Waals surface area (Å²) in [5.74, 6) is 0.345. The molecule has 1 aromatic heterocycles. The summed E-state index contributed by atoms with van der Waals surface area (Å²) in [6.07, 6.45) is 0. The molecule has 3 aromatic rings. The van der Waals surface area contributed by atoms with E-state index in [2.05, 4.69) is 31.9 Å². The Morgan fingerprint density at radius 1 is 1.20 bits per heavy atom. The SMILES string of the molecule is CCOC(=O)c1c(CSc2ccccc2)n(C)c2c(Br)c(Br)c(O)c(CN(C)C)c12. The number of aryl methyl sites for hydroxylation is 1. The molecule has 3 rings (SSSR count). The third-order valence-corrected chi connectivity index (χ3v) is 7.88. The predicted octanol–water partition coefficient (Wildman–Crippen LogP) is 5.94. The number of aromatic hydroxyl groups is 1. The number of fused-ring (bicyclic) bond motifs is 1. The van der Waals surface area contributed by atoms with Crippen LogP contribution in [0.4, 0.5) is 0 Å². The van der Waals surface area contributed by atoms with E-state index in [4.69, 9.17) is 4.74 Å². The van der Waals surface area contributed by atoms with Crippen LogP contribution in [0.1, 0.15) is 28.5 Å². The molecule has 0 saturated heterocycles. The van der Waals surface area contributed by atoms with E-state index < -0.39 is 0 Å². The Hall–Kier alpha value is -1.48. The summed E-state index contributed by atoms with van der Waals surface area (Å²) in [4.78, 5) is 16.2. The second-order valence-electron chi connectivity index (χ2n) is 7.12. The number of phenolic OH excluding ortho intramolecular Hbond substituents is 1. The van der Waals surface area contributed by atoms with Gasteiger partial charge in [-0.15, -0.1) is 11.8 Å². The van der Waals surface area contributed by atoms with Crippen molar-refractivity contribution in [1.29, 1.82) is 0 Å². The molecule has 1 heterocycles. The number of hydrogen-bond donors (Lipinski definition) is 1. The number of carbonyl (C=O) groups excluding carboxylic acids is 1. The van der Waals surface area contributed by atoms with Crippen molar-refractivity contribution in [3.8, 4) is 5.75 Å². The molecular formula is C22H24Br2N2O3S. The van der Waals surface area contributed by atoms with E-state index in [1.165, 1.54) is 0 Å². The molecule has 0 amide bonds. The van der Waals surface area contributed by atoms with Crippen LogP contribution in [0.25, 0.3) is 10.9 Å². The maximum absolute atomic E-state index is 13.1. The second kappa shape index (κ2) is 9.77. The van der Waals surface area contributed by atoms with Gasteiger partial charge >= 0.3 is 5.97 Å². The largest absolute Gasteiger partial charge is 0.506 e. The van der Waals surface area contributed by atoms with Gasteiger partial charge in [0.25, 0.3) is 0 Å². The molecule has 5 nitrogen and oxygen atoms in total. The predicted molar refractivity (Wildman–Crippen MR) is 129 cm³/mol. The van der Waals surface area contributed by atoms with Gasteiger partial charge in [-0.05, 0) is 65.0 Å². The van der Waals surface area contributed by atoms with E-state index in [1.54, 1.807) is 18.7 Å². The number of hydrogen-bond acceptors (Lipinski definition) is 5. The molecule has 0 fully saturated rings. The lowest BCUT2D eigenvalue weighted by Gasteiger charge is -2.16. The summed E-state index contributed by atoms with van der Waals surface area (Å²) < 4.78 is 8.73. The summed E-state index contributed by atoms with van der Waals surface area (Å²) in [5.41, 5.74) is 2.91. The number of halogens is 2. The van der Waals surface area contributed by atoms with Crippen LogP contribution in [-0.2, 0) is 24.1 Å². The van der Waals surface area contributed by atoms with Crippen molar-refractivity contribution in [3.63, 3.8) is 0 Å². The lowest BCUT2D eigenvalue weighted by Crippen LogP contribution is -2.13. The molecule has 1 N–H and O–H groups in total. The summed E-state index contributed by atoms with van der Waals surface area (Å²) in [7, 11) is 5.81. The second-order valence-corrected chi connectivity index (χ2v) is 9.75. The highest BCUT2D eigenvalue weighted by Crippen LogP contribution is 2.46. The van der Waals surface area contributed by atoms with Gasteiger partial charge in [-0.2, -0.15) is 0 Å². The topological polar surface area (TPSA) is 54.7 Å². The van der Waals surface area contributed by atoms with Gasteiger partial charge in [-0.1, -0.05) is 18.2 Å². The van der Waals surface area contributed by atoms with Crippen LogP contribution in [0, 0.1) is 0 Å². The van der Waals surface area contributed by atoms with Crippen molar-refractivity contribution in [3.05, 3.63) is 56.1 Å². The fourth-order valence-electron chi connectivity index (χ4n) is 3.47. The van der Waals surface area contributed by atoms with Crippen LogP contribution in [-0.4, -0.2) is 41.2 Å². The van der Waals surface area contributed by atoms with E-state index >= 15 is 0 Å². The highest BCUT2D eigenvalue weighted by atomic mass is 79.9. The van der Waals surface area contributed by atoms with E-state index in [1.807, 2.05) is 60.9 Å². The zero-order valence-corrected chi connectivity index (χ0v) is 21.3. The molecule has 0 radical (unpaired) electrons. The molecule has 0 bridgehead atoms. The van der Waals surface area contributed by atoms with Crippen molar-refractivity contribution < 1.29 is 14.6 Å². The van der Waals surface area contributed by atoms with Crippen LogP contribution in [0.15, 0.2) is 44.2 Å². The Bertz CT molecular complexity index is 1080. The quantitative estimate of drug-likeness (QED) is 0.289. The lowest BCUT2D eigenvalue weighted by atomic mass is 10.0. The minimum Gasteiger partial charge on any atom is -0.506 e. The summed E-state index contributed by atoms with van der Waals surface area (Å²) >= 11 is 8.77. The molecule has 0 spiro atoms. The van der Waals surface area contributed by atoms with Gasteiger partial charge < -0.3 is 19.3 Å². The molecule has 0 aliphatic heterocycles. The minimum absolute atomic E-state index is 0.126. The Morgan fingerprint density at radius 3 is 2.47 bits per heavy atom. The van der Waals surface area contributed by atoms with Gasteiger partial charge in [0.15, 0.2) is 0 Å². The van der Waals surface area contributed by atoms with Crippen LogP contribution in [0.5, 0.6) is 5.75 Å². The normalized spacial score (nSPS) is 11.4. The summed E-state index contributed by atoms with van der Waals surface area (Å²) in [5, 5.41) is 11.6. The number of carbonyl (C=O) groups is 1. The smallest absolute Gasteiger partial charge is 0.340 e. The number of phenols is 1. The molecule has 2 aromatic carbocycles. The summed E-state index contributed by atoms with van der Waals surface area (Å²) in [6.45, 7) is 2.56. The molecular weight excluding hydrogens is 532 g/mol. The van der Waals surface area contributed by atoms with Crippen molar-refractivity contribution in [2.45, 2.75) is 24.1 Å². The zero-order chi connectivity index (χ0) is 22.0. The van der Waals surface area contributed by atoms with Crippen LogP contribution < -0.4 is 0 Å². The molecule has 0 atom stereocenters. The Labute approximate surface area is 197 Å². The number of benzene rings is 2. The Morgan fingerprint density at radius 2 is 1.87 bits per heavy atom. The van der Waals surface area contributed by atoms with Crippen molar-refractivity contribution >= 4 is 60.5 Å². The van der Waals surface area contributed by atoms with Gasteiger partial charge in [-0.25, -0.2) is 4.79 Å². The maximum Gasteiger partial charge on any atom is 0.340 e. The highest BCUT2D eigenvalue weighted by Gasteiger charge is 2.29. The number of esters is 1. The van der Waals surface area contributed by atoms with E-state index in [9.17, 15) is 9.90 Å². The van der Waals surface area contributed by atoms with Crippen LogP contribution in [0.3, 0.4) is 0 Å². The number of aromatic nitrogens is 1. The number of ether oxygens (including phenoxy) is 1. The average molecular weight is 556 g/mol. The first-order chi connectivity index (χ1) is 14.3. The van der Waals surface area contributed by atoms with Crippen molar-refractivity contribution in [1.82, 2.24) is 9.47 Å². The number of nitrogens with zero attached hydrogens (tertiary/aromatic N) is 2. The fourth-order valence-corrected chi connectivity index (χ4v) is 5.54. The Kier molecular flexibility index (Phi) is 7.55.